The monoisotopic (exact) mass is 377 g/mol. The van der Waals surface area contributed by atoms with E-state index in [1.807, 2.05) is 0 Å². The SMILES string of the molecule is COCCCN1C(=O)/C(=C/c2ccc(-c3ccc(F)cc3)o2)SC1=S. The molecule has 2 aromatic rings. The van der Waals surface area contributed by atoms with Gasteiger partial charge < -0.3 is 9.15 Å². The zero-order valence-electron chi connectivity index (χ0n) is 13.5. The van der Waals surface area contributed by atoms with E-state index >= 15 is 0 Å². The molecular formula is C18H16FNO3S2. The summed E-state index contributed by atoms with van der Waals surface area (Å²) in [5, 5.41) is 0. The number of furan rings is 1. The van der Waals surface area contributed by atoms with E-state index in [4.69, 9.17) is 21.4 Å². The molecule has 25 heavy (non-hydrogen) atoms. The summed E-state index contributed by atoms with van der Waals surface area (Å²) in [5.41, 5.74) is 0.771. The maximum absolute atomic E-state index is 13.0. The Balaban J connectivity index is 1.74. The van der Waals surface area contributed by atoms with Crippen LogP contribution in [0.3, 0.4) is 0 Å². The van der Waals surface area contributed by atoms with E-state index in [1.165, 1.54) is 23.9 Å². The van der Waals surface area contributed by atoms with Crippen LogP contribution in [-0.4, -0.2) is 35.4 Å². The minimum atomic E-state index is -0.298. The van der Waals surface area contributed by atoms with Crippen molar-refractivity contribution in [3.05, 3.63) is 52.9 Å². The number of hydrogen-bond donors (Lipinski definition) is 0. The minimum Gasteiger partial charge on any atom is -0.457 e. The largest absolute Gasteiger partial charge is 0.457 e. The Labute approximate surface area is 154 Å². The smallest absolute Gasteiger partial charge is 0.266 e. The van der Waals surface area contributed by atoms with Gasteiger partial charge in [-0.3, -0.25) is 9.69 Å². The van der Waals surface area contributed by atoms with E-state index in [0.29, 0.717) is 33.9 Å². The number of carbonyl (C=O) groups is 1. The van der Waals surface area contributed by atoms with Crippen LogP contribution in [-0.2, 0) is 9.53 Å². The van der Waals surface area contributed by atoms with Crippen molar-refractivity contribution < 1.29 is 18.3 Å². The first-order valence-corrected chi connectivity index (χ1v) is 8.91. The van der Waals surface area contributed by atoms with E-state index in [-0.39, 0.29) is 11.7 Å². The van der Waals surface area contributed by atoms with Crippen LogP contribution in [0.25, 0.3) is 17.4 Å². The van der Waals surface area contributed by atoms with Gasteiger partial charge in [0, 0.05) is 31.9 Å². The fourth-order valence-corrected chi connectivity index (χ4v) is 3.68. The van der Waals surface area contributed by atoms with Gasteiger partial charge in [0.05, 0.1) is 4.91 Å². The number of carbonyl (C=O) groups excluding carboxylic acids is 1. The summed E-state index contributed by atoms with van der Waals surface area (Å²) in [7, 11) is 1.62. The maximum Gasteiger partial charge on any atom is 0.266 e. The number of rotatable bonds is 6. The first kappa shape index (κ1) is 17.8. The van der Waals surface area contributed by atoms with Crippen LogP contribution in [0.5, 0.6) is 0 Å². The number of ether oxygens (including phenoxy) is 1. The van der Waals surface area contributed by atoms with Crippen LogP contribution in [0.1, 0.15) is 12.2 Å². The molecule has 0 atom stereocenters. The second-order valence-corrected chi connectivity index (χ2v) is 7.06. The van der Waals surface area contributed by atoms with Gasteiger partial charge in [-0.1, -0.05) is 24.0 Å². The van der Waals surface area contributed by atoms with Crippen molar-refractivity contribution in [2.24, 2.45) is 0 Å². The highest BCUT2D eigenvalue weighted by atomic mass is 32.2. The van der Waals surface area contributed by atoms with Crippen LogP contribution >= 0.6 is 24.0 Å². The van der Waals surface area contributed by atoms with Gasteiger partial charge >= 0.3 is 0 Å². The van der Waals surface area contributed by atoms with Crippen molar-refractivity contribution in [1.82, 2.24) is 4.90 Å². The van der Waals surface area contributed by atoms with Gasteiger partial charge in [-0.2, -0.15) is 0 Å². The predicted molar refractivity (Wildman–Crippen MR) is 100 cm³/mol. The molecule has 0 spiro atoms. The molecule has 1 aliphatic heterocycles. The molecule has 1 aliphatic rings. The van der Waals surface area contributed by atoms with Gasteiger partial charge in [-0.25, -0.2) is 4.39 Å². The van der Waals surface area contributed by atoms with Gasteiger partial charge in [-0.05, 0) is 42.8 Å². The van der Waals surface area contributed by atoms with Crippen LogP contribution < -0.4 is 0 Å². The Morgan fingerprint density at radius 3 is 2.76 bits per heavy atom. The number of hydrogen-bond acceptors (Lipinski definition) is 5. The quantitative estimate of drug-likeness (QED) is 0.426. The van der Waals surface area contributed by atoms with E-state index in [0.717, 1.165) is 12.0 Å². The third kappa shape index (κ3) is 4.18. The number of thioether (sulfide) groups is 1. The van der Waals surface area contributed by atoms with E-state index in [1.54, 1.807) is 42.4 Å². The molecule has 0 radical (unpaired) electrons. The molecule has 0 N–H and O–H groups in total. The van der Waals surface area contributed by atoms with Gasteiger partial charge in [0.25, 0.3) is 5.91 Å². The normalized spacial score (nSPS) is 16.2. The molecule has 1 saturated heterocycles. The molecule has 1 aromatic heterocycles. The lowest BCUT2D eigenvalue weighted by atomic mass is 10.2. The zero-order valence-corrected chi connectivity index (χ0v) is 15.2. The Hall–Kier alpha value is -1.96. The predicted octanol–water partition coefficient (Wildman–Crippen LogP) is 4.32. The Bertz CT molecular complexity index is 814. The summed E-state index contributed by atoms with van der Waals surface area (Å²) < 4.78 is 24.3. The van der Waals surface area contributed by atoms with Crippen molar-refractivity contribution >= 4 is 40.3 Å². The second-order valence-electron chi connectivity index (χ2n) is 5.39. The van der Waals surface area contributed by atoms with Crippen molar-refractivity contribution in [3.8, 4) is 11.3 Å². The Kier molecular flexibility index (Phi) is 5.67. The number of amides is 1. The van der Waals surface area contributed by atoms with Crippen LogP contribution in [0, 0.1) is 5.82 Å². The molecule has 7 heteroatoms. The first-order chi connectivity index (χ1) is 12.1. The third-order valence-corrected chi connectivity index (χ3v) is 5.01. The third-order valence-electron chi connectivity index (χ3n) is 3.63. The molecule has 1 fully saturated rings. The number of nitrogens with zero attached hydrogens (tertiary/aromatic N) is 1. The molecule has 0 unspecified atom stereocenters. The van der Waals surface area contributed by atoms with Crippen molar-refractivity contribution in [2.45, 2.75) is 6.42 Å². The van der Waals surface area contributed by atoms with Gasteiger partial charge in [0.1, 0.15) is 21.7 Å². The van der Waals surface area contributed by atoms with Gasteiger partial charge in [-0.15, -0.1) is 0 Å². The average molecular weight is 377 g/mol. The van der Waals surface area contributed by atoms with Gasteiger partial charge in [0.2, 0.25) is 0 Å². The number of thiocarbonyl (C=S) groups is 1. The average Bonchev–Trinajstić information content (AvgIpc) is 3.16. The second kappa shape index (κ2) is 7.95. The summed E-state index contributed by atoms with van der Waals surface area (Å²) >= 11 is 6.53. The lowest BCUT2D eigenvalue weighted by Gasteiger charge is -2.13. The number of benzene rings is 1. The fraction of sp³-hybridized carbons (Fsp3) is 0.222. The lowest BCUT2D eigenvalue weighted by Crippen LogP contribution is -2.29. The van der Waals surface area contributed by atoms with Crippen molar-refractivity contribution in [1.29, 1.82) is 0 Å². The summed E-state index contributed by atoms with van der Waals surface area (Å²) in [6.45, 7) is 1.12. The summed E-state index contributed by atoms with van der Waals surface area (Å²) in [6.07, 6.45) is 2.41. The molecule has 1 amide bonds. The molecule has 4 nitrogen and oxygen atoms in total. The van der Waals surface area contributed by atoms with Crippen molar-refractivity contribution in [2.75, 3.05) is 20.3 Å². The highest BCUT2D eigenvalue weighted by molar-refractivity contribution is 8.26. The molecule has 0 aliphatic carbocycles. The molecule has 3 rings (SSSR count). The first-order valence-electron chi connectivity index (χ1n) is 7.68. The Morgan fingerprint density at radius 2 is 2.04 bits per heavy atom. The molecular weight excluding hydrogens is 361 g/mol. The number of methoxy groups -OCH3 is 1. The van der Waals surface area contributed by atoms with E-state index in [2.05, 4.69) is 0 Å². The highest BCUT2D eigenvalue weighted by Crippen LogP contribution is 2.33. The summed E-state index contributed by atoms with van der Waals surface area (Å²) in [6, 6.07) is 9.61. The topological polar surface area (TPSA) is 42.7 Å². The fourth-order valence-electron chi connectivity index (χ4n) is 2.39. The van der Waals surface area contributed by atoms with Crippen LogP contribution in [0.2, 0.25) is 0 Å². The van der Waals surface area contributed by atoms with Crippen molar-refractivity contribution in [3.63, 3.8) is 0 Å². The molecule has 1 aromatic carbocycles. The van der Waals surface area contributed by atoms with Gasteiger partial charge in [0.15, 0.2) is 0 Å². The standard InChI is InChI=1S/C18H16FNO3S2/c1-22-10-2-9-20-17(21)16(25-18(20)24)11-14-7-8-15(23-14)12-3-5-13(19)6-4-12/h3-8,11H,2,9-10H2,1H3/b16-11-. The Morgan fingerprint density at radius 1 is 1.28 bits per heavy atom. The lowest BCUT2D eigenvalue weighted by molar-refractivity contribution is -0.122. The zero-order chi connectivity index (χ0) is 17.8. The summed E-state index contributed by atoms with van der Waals surface area (Å²) in [5.74, 6) is 0.747. The van der Waals surface area contributed by atoms with Crippen LogP contribution in [0.4, 0.5) is 4.39 Å². The molecule has 0 bridgehead atoms. The maximum atomic E-state index is 13.0. The van der Waals surface area contributed by atoms with E-state index < -0.39 is 0 Å². The molecule has 0 saturated carbocycles. The van der Waals surface area contributed by atoms with E-state index in [9.17, 15) is 9.18 Å². The number of halogens is 1. The molecule has 130 valence electrons. The molecule has 2 heterocycles. The summed E-state index contributed by atoms with van der Waals surface area (Å²) in [4.78, 5) is 14.6. The van der Waals surface area contributed by atoms with Crippen LogP contribution in [0.15, 0.2) is 45.7 Å². The highest BCUT2D eigenvalue weighted by Gasteiger charge is 2.31. The minimum absolute atomic E-state index is 0.120.